The van der Waals surface area contributed by atoms with Gasteiger partial charge in [-0.2, -0.15) is 0 Å². The van der Waals surface area contributed by atoms with Gasteiger partial charge in [0, 0.05) is 0 Å². The average Bonchev–Trinajstić information content (AvgIpc) is 2.68. The van der Waals surface area contributed by atoms with Crippen molar-refractivity contribution < 1.29 is 44.2 Å². The molecule has 0 saturated carbocycles. The number of aliphatic hydroxyl groups is 4. The fourth-order valence-electron chi connectivity index (χ4n) is 1.78. The van der Waals surface area contributed by atoms with Gasteiger partial charge in [0.25, 0.3) is 0 Å². The summed E-state index contributed by atoms with van der Waals surface area (Å²) in [4.78, 5) is 11.8. The van der Waals surface area contributed by atoms with Crippen LogP contribution in [0.4, 0.5) is 0 Å². The van der Waals surface area contributed by atoms with E-state index in [0.29, 0.717) is 11.3 Å². The third-order valence-electron chi connectivity index (χ3n) is 3.16. The minimum Gasteiger partial charge on any atom is -0.493 e. The highest BCUT2D eigenvalue weighted by atomic mass is 16.6. The maximum Gasteiger partial charge on any atom is 0.373 e. The second-order valence-electron chi connectivity index (χ2n) is 5.21. The number of esters is 1. The zero-order chi connectivity index (χ0) is 19.5. The second kappa shape index (κ2) is 11.3. The summed E-state index contributed by atoms with van der Waals surface area (Å²) in [5, 5.41) is 36.4. The molecule has 0 aromatic heterocycles. The number of hydrogen-bond acceptors (Lipinski definition) is 9. The Morgan fingerprint density at radius 3 is 2.31 bits per heavy atom. The summed E-state index contributed by atoms with van der Waals surface area (Å²) in [5.74, 6) is -0.257. The van der Waals surface area contributed by atoms with E-state index in [1.807, 2.05) is 0 Å². The molecule has 0 aliphatic heterocycles. The second-order valence-corrected chi connectivity index (χ2v) is 5.21. The number of carbonyl (C=O) groups excluding carboxylic acids is 1. The van der Waals surface area contributed by atoms with Crippen LogP contribution in [0.15, 0.2) is 24.0 Å². The van der Waals surface area contributed by atoms with Gasteiger partial charge in [0.15, 0.2) is 11.5 Å². The van der Waals surface area contributed by atoms with Crippen molar-refractivity contribution in [2.24, 2.45) is 0 Å². The Labute approximate surface area is 151 Å². The molecular formula is C17H24O9. The number of carbonyl (C=O) groups is 1. The molecule has 0 heterocycles. The molecule has 26 heavy (non-hydrogen) atoms. The Kier molecular flexibility index (Phi) is 9.45. The van der Waals surface area contributed by atoms with Crippen molar-refractivity contribution in [2.45, 2.75) is 12.2 Å². The standard InChI is InChI=1S/C17H24O9/c1-23-14-4-3-11(5-15(14)25-9-12(20)7-18)6-16(17(22)24-2)26-10-13(21)8-19/h3-6,12-13,18-21H,7-10H2,1-2H3. The molecule has 1 aromatic rings. The number of hydrogen-bond donors (Lipinski definition) is 4. The van der Waals surface area contributed by atoms with Crippen LogP contribution in [0.2, 0.25) is 0 Å². The first-order chi connectivity index (χ1) is 12.4. The topological polar surface area (TPSA) is 135 Å². The van der Waals surface area contributed by atoms with Crippen LogP contribution in [0.5, 0.6) is 11.5 Å². The van der Waals surface area contributed by atoms with Crippen molar-refractivity contribution in [1.82, 2.24) is 0 Å². The molecule has 9 heteroatoms. The lowest BCUT2D eigenvalue weighted by atomic mass is 10.1. The first-order valence-corrected chi connectivity index (χ1v) is 7.76. The molecule has 0 saturated heterocycles. The first-order valence-electron chi connectivity index (χ1n) is 7.76. The van der Waals surface area contributed by atoms with Gasteiger partial charge < -0.3 is 39.4 Å². The molecule has 0 aliphatic rings. The van der Waals surface area contributed by atoms with Crippen molar-refractivity contribution in [2.75, 3.05) is 40.6 Å². The molecule has 2 atom stereocenters. The summed E-state index contributed by atoms with van der Waals surface area (Å²) in [5.41, 5.74) is 0.498. The van der Waals surface area contributed by atoms with Gasteiger partial charge in [-0.1, -0.05) is 6.07 Å². The molecule has 0 aliphatic carbocycles. The van der Waals surface area contributed by atoms with Gasteiger partial charge in [0.1, 0.15) is 25.4 Å². The summed E-state index contributed by atoms with van der Waals surface area (Å²) >= 11 is 0. The van der Waals surface area contributed by atoms with Crippen LogP contribution in [0.3, 0.4) is 0 Å². The third kappa shape index (κ3) is 6.89. The zero-order valence-corrected chi connectivity index (χ0v) is 14.6. The van der Waals surface area contributed by atoms with Crippen LogP contribution < -0.4 is 9.47 Å². The molecule has 4 N–H and O–H groups in total. The molecular weight excluding hydrogens is 348 g/mol. The normalized spacial score (nSPS) is 13.7. The number of ether oxygens (including phenoxy) is 4. The summed E-state index contributed by atoms with van der Waals surface area (Å²) in [7, 11) is 2.63. The summed E-state index contributed by atoms with van der Waals surface area (Å²) in [6.07, 6.45) is -0.823. The molecule has 0 amide bonds. The molecule has 0 fully saturated rings. The molecule has 1 aromatic carbocycles. The van der Waals surface area contributed by atoms with E-state index in [0.717, 1.165) is 0 Å². The van der Waals surface area contributed by atoms with E-state index in [4.69, 9.17) is 24.4 Å². The lowest BCUT2D eigenvalue weighted by Gasteiger charge is -2.14. The van der Waals surface area contributed by atoms with E-state index in [2.05, 4.69) is 4.74 Å². The van der Waals surface area contributed by atoms with Crippen LogP contribution >= 0.6 is 0 Å². The molecule has 146 valence electrons. The molecule has 0 spiro atoms. The number of aliphatic hydroxyl groups excluding tert-OH is 4. The fourth-order valence-corrected chi connectivity index (χ4v) is 1.78. The van der Waals surface area contributed by atoms with Crippen LogP contribution in [0.1, 0.15) is 5.56 Å². The maximum absolute atomic E-state index is 11.8. The van der Waals surface area contributed by atoms with E-state index >= 15 is 0 Å². The van der Waals surface area contributed by atoms with Crippen LogP contribution in [-0.2, 0) is 14.3 Å². The average molecular weight is 372 g/mol. The Morgan fingerprint density at radius 2 is 1.73 bits per heavy atom. The van der Waals surface area contributed by atoms with E-state index < -0.39 is 31.4 Å². The van der Waals surface area contributed by atoms with Crippen LogP contribution in [0, 0.1) is 0 Å². The van der Waals surface area contributed by atoms with Gasteiger partial charge in [0.05, 0.1) is 27.4 Å². The van der Waals surface area contributed by atoms with E-state index in [1.165, 1.54) is 26.4 Å². The highest BCUT2D eigenvalue weighted by Crippen LogP contribution is 2.29. The maximum atomic E-state index is 11.8. The molecule has 1 rings (SSSR count). The largest absolute Gasteiger partial charge is 0.493 e. The van der Waals surface area contributed by atoms with Crippen LogP contribution in [-0.4, -0.2) is 79.3 Å². The van der Waals surface area contributed by atoms with Crippen molar-refractivity contribution in [3.05, 3.63) is 29.5 Å². The van der Waals surface area contributed by atoms with E-state index in [1.54, 1.807) is 12.1 Å². The van der Waals surface area contributed by atoms with Gasteiger partial charge in [0.2, 0.25) is 5.76 Å². The van der Waals surface area contributed by atoms with Crippen molar-refractivity contribution in [3.63, 3.8) is 0 Å². The lowest BCUT2D eigenvalue weighted by Crippen LogP contribution is -2.21. The highest BCUT2D eigenvalue weighted by molar-refractivity contribution is 5.91. The van der Waals surface area contributed by atoms with Crippen molar-refractivity contribution in [1.29, 1.82) is 0 Å². The Bertz CT molecular complexity index is 600. The summed E-state index contributed by atoms with van der Waals surface area (Å²) in [6.45, 7) is -1.40. The number of benzene rings is 1. The molecule has 2 unspecified atom stereocenters. The Hall–Kier alpha value is -2.33. The Morgan fingerprint density at radius 1 is 1.08 bits per heavy atom. The SMILES string of the molecule is COC(=O)C(=Cc1ccc(OC)c(OCC(O)CO)c1)OCC(O)CO. The van der Waals surface area contributed by atoms with Crippen LogP contribution in [0.25, 0.3) is 6.08 Å². The van der Waals surface area contributed by atoms with Crippen molar-refractivity contribution >= 4 is 12.0 Å². The first kappa shape index (κ1) is 21.7. The van der Waals surface area contributed by atoms with Crippen molar-refractivity contribution in [3.8, 4) is 11.5 Å². The fraction of sp³-hybridized carbons (Fsp3) is 0.471. The predicted molar refractivity (Wildman–Crippen MR) is 90.6 cm³/mol. The predicted octanol–water partition coefficient (Wildman–Crippen LogP) is -0.689. The molecule has 0 radical (unpaired) electrons. The molecule has 9 nitrogen and oxygen atoms in total. The third-order valence-corrected chi connectivity index (χ3v) is 3.16. The Balaban J connectivity index is 3.04. The van der Waals surface area contributed by atoms with Gasteiger partial charge in [-0.25, -0.2) is 4.79 Å². The van der Waals surface area contributed by atoms with E-state index in [9.17, 15) is 15.0 Å². The number of methoxy groups -OCH3 is 2. The van der Waals surface area contributed by atoms with E-state index in [-0.39, 0.29) is 24.7 Å². The van der Waals surface area contributed by atoms with Gasteiger partial charge >= 0.3 is 5.97 Å². The minimum absolute atomic E-state index is 0.150. The lowest BCUT2D eigenvalue weighted by molar-refractivity contribution is -0.140. The molecule has 0 bridgehead atoms. The number of rotatable bonds is 11. The van der Waals surface area contributed by atoms with Gasteiger partial charge in [-0.05, 0) is 23.8 Å². The minimum atomic E-state index is -1.14. The van der Waals surface area contributed by atoms with Gasteiger partial charge in [-0.3, -0.25) is 0 Å². The smallest absolute Gasteiger partial charge is 0.373 e. The monoisotopic (exact) mass is 372 g/mol. The summed E-state index contributed by atoms with van der Waals surface area (Å²) in [6, 6.07) is 4.75. The zero-order valence-electron chi connectivity index (χ0n) is 14.6. The summed E-state index contributed by atoms with van der Waals surface area (Å²) < 4.78 is 20.4. The quantitative estimate of drug-likeness (QED) is 0.226. The van der Waals surface area contributed by atoms with Gasteiger partial charge in [-0.15, -0.1) is 0 Å². The highest BCUT2D eigenvalue weighted by Gasteiger charge is 2.15.